The first kappa shape index (κ1) is 12.8. The van der Waals surface area contributed by atoms with Crippen molar-refractivity contribution in [3.8, 4) is 6.07 Å². The Morgan fingerprint density at radius 2 is 2.31 bits per heavy atom. The highest BCUT2D eigenvalue weighted by Crippen LogP contribution is 2.24. The van der Waals surface area contributed by atoms with Crippen molar-refractivity contribution >= 4 is 17.3 Å². The normalized spacial score (nSPS) is 11.9. The number of aliphatic hydroxyl groups excluding tert-OH is 1. The van der Waals surface area contributed by atoms with E-state index < -0.39 is 0 Å². The Kier molecular flexibility index (Phi) is 5.10. The molecule has 0 amide bonds. The molecule has 0 heterocycles. The smallest absolute Gasteiger partial charge is 0.103 e. The number of rotatable bonds is 5. The largest absolute Gasteiger partial charge is 0.396 e. The van der Waals surface area contributed by atoms with Gasteiger partial charge in [-0.25, -0.2) is 0 Å². The van der Waals surface area contributed by atoms with Gasteiger partial charge in [-0.3, -0.25) is 0 Å². The molecule has 86 valence electrons. The standard InChI is InChI=1S/C12H15ClN2O/c1-9(4-3-7-16)15-12-6-2-5-11(13)10(12)8-14/h2,5-6,9,15-16H,3-4,7H2,1H3. The van der Waals surface area contributed by atoms with E-state index in [0.717, 1.165) is 18.5 Å². The van der Waals surface area contributed by atoms with Crippen molar-refractivity contribution in [2.45, 2.75) is 25.8 Å². The van der Waals surface area contributed by atoms with Crippen LogP contribution in [0.5, 0.6) is 0 Å². The summed E-state index contributed by atoms with van der Waals surface area (Å²) in [5.74, 6) is 0. The van der Waals surface area contributed by atoms with Crippen molar-refractivity contribution < 1.29 is 5.11 Å². The van der Waals surface area contributed by atoms with Gasteiger partial charge in [-0.2, -0.15) is 5.26 Å². The van der Waals surface area contributed by atoms with Gasteiger partial charge in [0, 0.05) is 12.6 Å². The second kappa shape index (κ2) is 6.37. The number of aliphatic hydroxyl groups is 1. The average molecular weight is 239 g/mol. The minimum atomic E-state index is 0.187. The number of anilines is 1. The third-order valence-corrected chi connectivity index (χ3v) is 2.64. The number of hydrogen-bond donors (Lipinski definition) is 2. The molecule has 0 aliphatic heterocycles. The lowest BCUT2D eigenvalue weighted by molar-refractivity contribution is 0.282. The summed E-state index contributed by atoms with van der Waals surface area (Å²) in [4.78, 5) is 0. The van der Waals surface area contributed by atoms with Crippen LogP contribution in [0.25, 0.3) is 0 Å². The molecule has 0 aliphatic rings. The summed E-state index contributed by atoms with van der Waals surface area (Å²) in [6.45, 7) is 2.20. The van der Waals surface area contributed by atoms with Gasteiger partial charge in [0.05, 0.1) is 16.3 Å². The Morgan fingerprint density at radius 3 is 2.94 bits per heavy atom. The van der Waals surface area contributed by atoms with Crippen LogP contribution in [0.15, 0.2) is 18.2 Å². The van der Waals surface area contributed by atoms with Crippen LogP contribution in [0.2, 0.25) is 5.02 Å². The molecule has 0 saturated heterocycles. The predicted octanol–water partition coefficient (Wildman–Crippen LogP) is 2.78. The topological polar surface area (TPSA) is 56.0 Å². The third kappa shape index (κ3) is 3.41. The van der Waals surface area contributed by atoms with E-state index in [-0.39, 0.29) is 12.6 Å². The highest BCUT2D eigenvalue weighted by atomic mass is 35.5. The second-order valence-corrected chi connectivity index (χ2v) is 4.09. The molecular weight excluding hydrogens is 224 g/mol. The molecule has 0 bridgehead atoms. The molecule has 1 aromatic carbocycles. The molecule has 3 nitrogen and oxygen atoms in total. The number of nitrogens with zero attached hydrogens (tertiary/aromatic N) is 1. The molecule has 0 radical (unpaired) electrons. The summed E-state index contributed by atoms with van der Waals surface area (Å²) in [7, 11) is 0. The van der Waals surface area contributed by atoms with Crippen LogP contribution < -0.4 is 5.32 Å². The van der Waals surface area contributed by atoms with Crippen LogP contribution in [0, 0.1) is 11.3 Å². The van der Waals surface area contributed by atoms with Gasteiger partial charge in [-0.15, -0.1) is 0 Å². The molecule has 0 aliphatic carbocycles. The molecule has 16 heavy (non-hydrogen) atoms. The second-order valence-electron chi connectivity index (χ2n) is 3.69. The zero-order valence-electron chi connectivity index (χ0n) is 9.20. The maximum Gasteiger partial charge on any atom is 0.103 e. The van der Waals surface area contributed by atoms with Crippen molar-refractivity contribution in [1.82, 2.24) is 0 Å². The first-order valence-corrected chi connectivity index (χ1v) is 5.63. The molecule has 1 aromatic rings. The zero-order chi connectivity index (χ0) is 12.0. The number of nitriles is 1. The lowest BCUT2D eigenvalue weighted by atomic mass is 10.1. The molecule has 0 fully saturated rings. The Bertz CT molecular complexity index is 387. The lowest BCUT2D eigenvalue weighted by Gasteiger charge is -2.16. The van der Waals surface area contributed by atoms with Crippen molar-refractivity contribution in [1.29, 1.82) is 5.26 Å². The first-order chi connectivity index (χ1) is 7.69. The van der Waals surface area contributed by atoms with E-state index in [4.69, 9.17) is 22.0 Å². The summed E-state index contributed by atoms with van der Waals surface area (Å²) in [6.07, 6.45) is 1.60. The highest BCUT2D eigenvalue weighted by molar-refractivity contribution is 6.32. The minimum Gasteiger partial charge on any atom is -0.396 e. The Balaban J connectivity index is 2.74. The van der Waals surface area contributed by atoms with Crippen LogP contribution in [0.1, 0.15) is 25.3 Å². The van der Waals surface area contributed by atoms with E-state index in [1.54, 1.807) is 6.07 Å². The average Bonchev–Trinajstić information content (AvgIpc) is 2.27. The molecule has 1 unspecified atom stereocenters. The first-order valence-electron chi connectivity index (χ1n) is 5.25. The summed E-state index contributed by atoms with van der Waals surface area (Å²) >= 11 is 5.91. The third-order valence-electron chi connectivity index (χ3n) is 2.32. The fourth-order valence-corrected chi connectivity index (χ4v) is 1.71. The Hall–Kier alpha value is -1.24. The quantitative estimate of drug-likeness (QED) is 0.830. The maximum absolute atomic E-state index is 8.97. The number of hydrogen-bond acceptors (Lipinski definition) is 3. The van der Waals surface area contributed by atoms with Crippen molar-refractivity contribution in [3.05, 3.63) is 28.8 Å². The van der Waals surface area contributed by atoms with E-state index in [1.165, 1.54) is 0 Å². The summed E-state index contributed by atoms with van der Waals surface area (Å²) in [6, 6.07) is 7.63. The Labute approximate surface area is 101 Å². The van der Waals surface area contributed by atoms with E-state index in [1.807, 2.05) is 19.1 Å². The fourth-order valence-electron chi connectivity index (χ4n) is 1.49. The Morgan fingerprint density at radius 1 is 1.56 bits per heavy atom. The monoisotopic (exact) mass is 238 g/mol. The van der Waals surface area contributed by atoms with E-state index in [0.29, 0.717) is 10.6 Å². The number of halogens is 1. The van der Waals surface area contributed by atoms with Gasteiger partial charge >= 0.3 is 0 Å². The van der Waals surface area contributed by atoms with Crippen molar-refractivity contribution in [3.63, 3.8) is 0 Å². The van der Waals surface area contributed by atoms with Gasteiger partial charge in [0.1, 0.15) is 6.07 Å². The summed E-state index contributed by atoms with van der Waals surface area (Å²) in [5, 5.41) is 21.4. The van der Waals surface area contributed by atoms with E-state index in [9.17, 15) is 0 Å². The van der Waals surface area contributed by atoms with Gasteiger partial charge in [0.2, 0.25) is 0 Å². The maximum atomic E-state index is 8.97. The van der Waals surface area contributed by atoms with Crippen LogP contribution in [0.4, 0.5) is 5.69 Å². The van der Waals surface area contributed by atoms with Crippen LogP contribution in [-0.4, -0.2) is 17.8 Å². The van der Waals surface area contributed by atoms with Gasteiger partial charge < -0.3 is 10.4 Å². The van der Waals surface area contributed by atoms with Crippen LogP contribution in [0.3, 0.4) is 0 Å². The SMILES string of the molecule is CC(CCCO)Nc1cccc(Cl)c1C#N. The molecule has 0 saturated carbocycles. The van der Waals surface area contributed by atoms with Gasteiger partial charge in [-0.1, -0.05) is 17.7 Å². The lowest BCUT2D eigenvalue weighted by Crippen LogP contribution is -2.16. The molecule has 1 rings (SSSR count). The van der Waals surface area contributed by atoms with Gasteiger partial charge in [0.25, 0.3) is 0 Å². The zero-order valence-corrected chi connectivity index (χ0v) is 9.96. The summed E-state index contributed by atoms with van der Waals surface area (Å²) in [5.41, 5.74) is 1.22. The predicted molar refractivity (Wildman–Crippen MR) is 65.6 cm³/mol. The van der Waals surface area contributed by atoms with E-state index >= 15 is 0 Å². The summed E-state index contributed by atoms with van der Waals surface area (Å²) < 4.78 is 0. The molecule has 1 atom stereocenters. The molecule has 0 aromatic heterocycles. The van der Waals surface area contributed by atoms with Crippen molar-refractivity contribution in [2.75, 3.05) is 11.9 Å². The van der Waals surface area contributed by atoms with Crippen molar-refractivity contribution in [2.24, 2.45) is 0 Å². The molecule has 2 N–H and O–H groups in total. The van der Waals surface area contributed by atoms with Crippen LogP contribution >= 0.6 is 11.6 Å². The highest BCUT2D eigenvalue weighted by Gasteiger charge is 2.08. The van der Waals surface area contributed by atoms with E-state index in [2.05, 4.69) is 11.4 Å². The fraction of sp³-hybridized carbons (Fsp3) is 0.417. The van der Waals surface area contributed by atoms with Gasteiger partial charge in [-0.05, 0) is 31.9 Å². The number of benzene rings is 1. The number of nitrogens with one attached hydrogen (secondary N) is 1. The molecule has 0 spiro atoms. The molecule has 4 heteroatoms. The van der Waals surface area contributed by atoms with Gasteiger partial charge in [0.15, 0.2) is 0 Å². The van der Waals surface area contributed by atoms with Crippen LogP contribution in [-0.2, 0) is 0 Å². The minimum absolute atomic E-state index is 0.187. The molecular formula is C12H15ClN2O.